The fourth-order valence-electron chi connectivity index (χ4n) is 2.05. The molecule has 0 amide bonds. The summed E-state index contributed by atoms with van der Waals surface area (Å²) in [6.07, 6.45) is 1.84. The SMILES string of the molecule is COc1cccc(SCc2ccn(-c3cccc(F)c3)n2)c1. The summed E-state index contributed by atoms with van der Waals surface area (Å²) >= 11 is 1.68. The maximum Gasteiger partial charge on any atom is 0.125 e. The van der Waals surface area contributed by atoms with Gasteiger partial charge in [-0.25, -0.2) is 9.07 Å². The molecular formula is C17H15FN2OS. The van der Waals surface area contributed by atoms with Crippen LogP contribution >= 0.6 is 11.8 Å². The highest BCUT2D eigenvalue weighted by molar-refractivity contribution is 7.98. The highest BCUT2D eigenvalue weighted by Crippen LogP contribution is 2.25. The van der Waals surface area contributed by atoms with Gasteiger partial charge in [0, 0.05) is 16.8 Å². The van der Waals surface area contributed by atoms with E-state index in [0.717, 1.165) is 27.8 Å². The lowest BCUT2D eigenvalue weighted by molar-refractivity contribution is 0.413. The van der Waals surface area contributed by atoms with Crippen molar-refractivity contribution in [3.63, 3.8) is 0 Å². The van der Waals surface area contributed by atoms with Crippen molar-refractivity contribution in [3.8, 4) is 11.4 Å². The van der Waals surface area contributed by atoms with E-state index in [9.17, 15) is 4.39 Å². The first kappa shape index (κ1) is 14.7. The number of aromatic nitrogens is 2. The van der Waals surface area contributed by atoms with Crippen molar-refractivity contribution in [2.45, 2.75) is 10.6 Å². The Balaban J connectivity index is 1.69. The summed E-state index contributed by atoms with van der Waals surface area (Å²) in [4.78, 5) is 1.12. The number of benzene rings is 2. The fraction of sp³-hybridized carbons (Fsp3) is 0.118. The first-order chi connectivity index (χ1) is 10.7. The molecule has 5 heteroatoms. The maximum atomic E-state index is 13.2. The van der Waals surface area contributed by atoms with Crippen LogP contribution in [-0.2, 0) is 5.75 Å². The summed E-state index contributed by atoms with van der Waals surface area (Å²) in [5.74, 6) is 1.32. The number of halogens is 1. The summed E-state index contributed by atoms with van der Waals surface area (Å²) in [5, 5.41) is 4.48. The molecule has 22 heavy (non-hydrogen) atoms. The third kappa shape index (κ3) is 3.49. The van der Waals surface area contributed by atoms with Crippen LogP contribution in [0.4, 0.5) is 4.39 Å². The molecule has 0 aliphatic carbocycles. The van der Waals surface area contributed by atoms with Gasteiger partial charge in [0.25, 0.3) is 0 Å². The molecule has 0 unspecified atom stereocenters. The Kier molecular flexibility index (Phi) is 4.44. The number of rotatable bonds is 5. The van der Waals surface area contributed by atoms with Crippen LogP contribution in [0.25, 0.3) is 5.69 Å². The Morgan fingerprint density at radius 2 is 2.00 bits per heavy atom. The van der Waals surface area contributed by atoms with Crippen molar-refractivity contribution in [1.82, 2.24) is 9.78 Å². The van der Waals surface area contributed by atoms with Gasteiger partial charge in [0.1, 0.15) is 11.6 Å². The van der Waals surface area contributed by atoms with Gasteiger partial charge in [0.2, 0.25) is 0 Å². The predicted octanol–water partition coefficient (Wildman–Crippen LogP) is 4.31. The molecule has 3 nitrogen and oxygen atoms in total. The smallest absolute Gasteiger partial charge is 0.125 e. The number of hydrogen-bond acceptors (Lipinski definition) is 3. The molecule has 112 valence electrons. The molecule has 0 radical (unpaired) electrons. The lowest BCUT2D eigenvalue weighted by Gasteiger charge is -2.03. The summed E-state index contributed by atoms with van der Waals surface area (Å²) in [7, 11) is 1.66. The fourth-order valence-corrected chi connectivity index (χ4v) is 2.89. The van der Waals surface area contributed by atoms with Gasteiger partial charge in [0.05, 0.1) is 18.5 Å². The second kappa shape index (κ2) is 6.66. The number of thioether (sulfide) groups is 1. The van der Waals surface area contributed by atoms with E-state index in [1.807, 2.05) is 42.6 Å². The van der Waals surface area contributed by atoms with Crippen molar-refractivity contribution in [2.24, 2.45) is 0 Å². The number of nitrogens with zero attached hydrogens (tertiary/aromatic N) is 2. The van der Waals surface area contributed by atoms with Gasteiger partial charge in [-0.2, -0.15) is 5.10 Å². The lowest BCUT2D eigenvalue weighted by atomic mass is 10.3. The van der Waals surface area contributed by atoms with Crippen molar-refractivity contribution < 1.29 is 9.13 Å². The van der Waals surface area contributed by atoms with Gasteiger partial charge in [-0.05, 0) is 42.5 Å². The minimum Gasteiger partial charge on any atom is -0.497 e. The maximum absolute atomic E-state index is 13.2. The van der Waals surface area contributed by atoms with E-state index in [-0.39, 0.29) is 5.82 Å². The van der Waals surface area contributed by atoms with Crippen LogP contribution in [0, 0.1) is 5.82 Å². The van der Waals surface area contributed by atoms with Gasteiger partial charge in [-0.1, -0.05) is 12.1 Å². The summed E-state index contributed by atoms with van der Waals surface area (Å²) < 4.78 is 20.1. The molecule has 1 heterocycles. The molecule has 0 aliphatic heterocycles. The molecule has 0 spiro atoms. The molecule has 3 rings (SSSR count). The highest BCUT2D eigenvalue weighted by atomic mass is 32.2. The van der Waals surface area contributed by atoms with Crippen molar-refractivity contribution in [3.05, 3.63) is 72.3 Å². The monoisotopic (exact) mass is 314 g/mol. The Hall–Kier alpha value is -2.27. The molecule has 0 saturated carbocycles. The Morgan fingerprint density at radius 3 is 2.82 bits per heavy atom. The van der Waals surface area contributed by atoms with Crippen LogP contribution in [0.3, 0.4) is 0 Å². The van der Waals surface area contributed by atoms with E-state index < -0.39 is 0 Å². The van der Waals surface area contributed by atoms with Crippen LogP contribution < -0.4 is 4.74 Å². The van der Waals surface area contributed by atoms with E-state index >= 15 is 0 Å². The van der Waals surface area contributed by atoms with Crippen molar-refractivity contribution in [1.29, 1.82) is 0 Å². The van der Waals surface area contributed by atoms with E-state index in [2.05, 4.69) is 5.10 Å². The molecule has 0 N–H and O–H groups in total. The summed E-state index contributed by atoms with van der Waals surface area (Å²) in [6, 6.07) is 16.3. The van der Waals surface area contributed by atoms with Crippen LogP contribution in [0.15, 0.2) is 65.7 Å². The topological polar surface area (TPSA) is 27.1 Å². The summed E-state index contributed by atoms with van der Waals surface area (Å²) in [5.41, 5.74) is 1.66. The average molecular weight is 314 g/mol. The molecule has 0 fully saturated rings. The average Bonchev–Trinajstić information content (AvgIpc) is 3.02. The van der Waals surface area contributed by atoms with E-state index in [1.165, 1.54) is 12.1 Å². The Bertz CT molecular complexity index is 773. The lowest BCUT2D eigenvalue weighted by Crippen LogP contribution is -1.96. The third-order valence-corrected chi connectivity index (χ3v) is 4.17. The molecule has 0 bridgehead atoms. The zero-order valence-electron chi connectivity index (χ0n) is 12.1. The highest BCUT2D eigenvalue weighted by Gasteiger charge is 2.04. The number of ether oxygens (including phenoxy) is 1. The first-order valence-corrected chi connectivity index (χ1v) is 7.80. The third-order valence-electron chi connectivity index (χ3n) is 3.14. The predicted molar refractivity (Wildman–Crippen MR) is 86.1 cm³/mol. The van der Waals surface area contributed by atoms with E-state index in [4.69, 9.17) is 4.74 Å². The molecule has 1 aromatic heterocycles. The molecule has 3 aromatic rings. The van der Waals surface area contributed by atoms with Crippen LogP contribution in [0.2, 0.25) is 0 Å². The Labute approximate surface area is 132 Å². The number of methoxy groups -OCH3 is 1. The molecule has 0 saturated heterocycles. The largest absolute Gasteiger partial charge is 0.497 e. The zero-order chi connectivity index (χ0) is 15.4. The van der Waals surface area contributed by atoms with Crippen LogP contribution in [-0.4, -0.2) is 16.9 Å². The second-order valence-electron chi connectivity index (χ2n) is 4.70. The zero-order valence-corrected chi connectivity index (χ0v) is 12.9. The number of hydrogen-bond donors (Lipinski definition) is 0. The normalized spacial score (nSPS) is 10.6. The van der Waals surface area contributed by atoms with E-state index in [1.54, 1.807) is 29.6 Å². The molecular weight excluding hydrogens is 299 g/mol. The molecule has 0 atom stereocenters. The van der Waals surface area contributed by atoms with Gasteiger partial charge >= 0.3 is 0 Å². The minimum atomic E-state index is -0.264. The van der Waals surface area contributed by atoms with Crippen molar-refractivity contribution >= 4 is 11.8 Å². The van der Waals surface area contributed by atoms with Gasteiger partial charge in [-0.3, -0.25) is 0 Å². The second-order valence-corrected chi connectivity index (χ2v) is 5.75. The minimum absolute atomic E-state index is 0.264. The van der Waals surface area contributed by atoms with Gasteiger partial charge < -0.3 is 4.74 Å². The van der Waals surface area contributed by atoms with Crippen molar-refractivity contribution in [2.75, 3.05) is 7.11 Å². The quantitative estimate of drug-likeness (QED) is 0.657. The first-order valence-electron chi connectivity index (χ1n) is 6.82. The molecule has 0 aliphatic rings. The van der Waals surface area contributed by atoms with E-state index in [0.29, 0.717) is 0 Å². The molecule has 2 aromatic carbocycles. The van der Waals surface area contributed by atoms with Crippen LogP contribution in [0.1, 0.15) is 5.69 Å². The summed E-state index contributed by atoms with van der Waals surface area (Å²) in [6.45, 7) is 0. The Morgan fingerprint density at radius 1 is 1.14 bits per heavy atom. The standard InChI is InChI=1S/C17H15FN2OS/c1-21-16-6-3-7-17(11-16)22-12-14-8-9-20(19-14)15-5-2-4-13(18)10-15/h2-11H,12H2,1H3. The van der Waals surface area contributed by atoms with Gasteiger partial charge in [-0.15, -0.1) is 11.8 Å². The van der Waals surface area contributed by atoms with Gasteiger partial charge in [0.15, 0.2) is 0 Å². The van der Waals surface area contributed by atoms with Crippen LogP contribution in [0.5, 0.6) is 5.75 Å².